The molecule has 0 aromatic carbocycles. The second kappa shape index (κ2) is 7.09. The number of amides is 1. The van der Waals surface area contributed by atoms with Crippen molar-refractivity contribution in [1.29, 1.82) is 0 Å². The van der Waals surface area contributed by atoms with Gasteiger partial charge in [-0.1, -0.05) is 19.8 Å². The zero-order chi connectivity index (χ0) is 14.5. The second-order valence-electron chi connectivity index (χ2n) is 6.57. The molecule has 4 heteroatoms. The zero-order valence-electron chi connectivity index (χ0n) is 12.4. The van der Waals surface area contributed by atoms with Gasteiger partial charge in [0.05, 0.1) is 0 Å². The van der Waals surface area contributed by atoms with Crippen LogP contribution >= 0.6 is 0 Å². The molecule has 2 aliphatic carbocycles. The van der Waals surface area contributed by atoms with E-state index in [-0.39, 0.29) is 18.2 Å². The smallest absolute Gasteiger partial charge is 0.303 e. The van der Waals surface area contributed by atoms with Crippen LogP contribution in [-0.4, -0.2) is 23.5 Å². The van der Waals surface area contributed by atoms with Gasteiger partial charge in [-0.15, -0.1) is 0 Å². The van der Waals surface area contributed by atoms with Crippen molar-refractivity contribution in [2.75, 3.05) is 6.54 Å². The fourth-order valence-corrected chi connectivity index (χ4v) is 3.98. The van der Waals surface area contributed by atoms with Crippen molar-refractivity contribution in [1.82, 2.24) is 5.32 Å². The summed E-state index contributed by atoms with van der Waals surface area (Å²) in [5.41, 5.74) is 0. The first kappa shape index (κ1) is 15.3. The van der Waals surface area contributed by atoms with Gasteiger partial charge in [-0.2, -0.15) is 0 Å². The SMILES string of the molecule is CCC(CCNC(=O)C1CC2CCC1C2)CCC(=O)O. The number of carboxylic acid groups (broad SMARTS) is 1. The van der Waals surface area contributed by atoms with Crippen molar-refractivity contribution < 1.29 is 14.7 Å². The Labute approximate surface area is 121 Å². The number of hydrogen-bond donors (Lipinski definition) is 2. The Kier molecular flexibility index (Phi) is 5.44. The molecule has 0 aliphatic heterocycles. The van der Waals surface area contributed by atoms with Crippen molar-refractivity contribution in [2.45, 2.75) is 58.3 Å². The van der Waals surface area contributed by atoms with Crippen LogP contribution < -0.4 is 5.32 Å². The number of fused-ring (bicyclic) bond motifs is 2. The van der Waals surface area contributed by atoms with E-state index in [1.165, 1.54) is 19.3 Å². The number of carbonyl (C=O) groups excluding carboxylic acids is 1. The summed E-state index contributed by atoms with van der Waals surface area (Å²) in [4.78, 5) is 22.7. The highest BCUT2D eigenvalue weighted by Crippen LogP contribution is 2.48. The Balaban J connectivity index is 1.64. The van der Waals surface area contributed by atoms with E-state index in [1.54, 1.807) is 0 Å². The molecule has 0 radical (unpaired) electrons. The molecule has 0 spiro atoms. The molecular weight excluding hydrogens is 254 g/mol. The van der Waals surface area contributed by atoms with Crippen LogP contribution in [0.1, 0.15) is 58.3 Å². The fourth-order valence-electron chi connectivity index (χ4n) is 3.98. The van der Waals surface area contributed by atoms with Crippen LogP contribution in [0.25, 0.3) is 0 Å². The Morgan fingerprint density at radius 3 is 2.60 bits per heavy atom. The molecule has 0 aromatic heterocycles. The number of carbonyl (C=O) groups is 2. The van der Waals surface area contributed by atoms with Gasteiger partial charge in [0, 0.05) is 18.9 Å². The van der Waals surface area contributed by atoms with Gasteiger partial charge in [-0.05, 0) is 49.9 Å². The minimum atomic E-state index is -0.727. The molecule has 4 unspecified atom stereocenters. The fraction of sp³-hybridized carbons (Fsp3) is 0.875. The highest BCUT2D eigenvalue weighted by molar-refractivity contribution is 5.79. The Bertz CT molecular complexity index is 356. The van der Waals surface area contributed by atoms with Crippen molar-refractivity contribution in [3.8, 4) is 0 Å². The average molecular weight is 281 g/mol. The summed E-state index contributed by atoms with van der Waals surface area (Å²) in [5, 5.41) is 11.8. The molecule has 20 heavy (non-hydrogen) atoms. The summed E-state index contributed by atoms with van der Waals surface area (Å²) in [6.07, 6.45) is 7.74. The van der Waals surface area contributed by atoms with Crippen LogP contribution in [-0.2, 0) is 9.59 Å². The summed E-state index contributed by atoms with van der Waals surface area (Å²) in [5.74, 6) is 1.61. The predicted molar refractivity (Wildman–Crippen MR) is 77.2 cm³/mol. The van der Waals surface area contributed by atoms with Gasteiger partial charge in [0.2, 0.25) is 5.91 Å². The van der Waals surface area contributed by atoms with E-state index >= 15 is 0 Å². The van der Waals surface area contributed by atoms with Gasteiger partial charge in [0.25, 0.3) is 0 Å². The third kappa shape index (κ3) is 3.97. The number of nitrogens with one attached hydrogen (secondary N) is 1. The third-order valence-corrected chi connectivity index (χ3v) is 5.27. The van der Waals surface area contributed by atoms with Crippen LogP contribution in [0.2, 0.25) is 0 Å². The molecule has 4 atom stereocenters. The maximum Gasteiger partial charge on any atom is 0.303 e. The molecule has 0 saturated heterocycles. The number of carboxylic acids is 1. The number of rotatable bonds is 8. The normalized spacial score (nSPS) is 29.4. The summed E-state index contributed by atoms with van der Waals surface area (Å²) < 4.78 is 0. The van der Waals surface area contributed by atoms with E-state index in [1.807, 2.05) is 0 Å². The van der Waals surface area contributed by atoms with Crippen molar-refractivity contribution in [3.63, 3.8) is 0 Å². The highest BCUT2D eigenvalue weighted by Gasteiger charge is 2.42. The van der Waals surface area contributed by atoms with E-state index in [2.05, 4.69) is 12.2 Å². The molecular formula is C16H27NO3. The molecule has 0 heterocycles. The average Bonchev–Trinajstić information content (AvgIpc) is 3.04. The lowest BCUT2D eigenvalue weighted by Crippen LogP contribution is -2.34. The second-order valence-corrected chi connectivity index (χ2v) is 6.57. The molecule has 2 bridgehead atoms. The first-order valence-corrected chi connectivity index (χ1v) is 8.09. The Hall–Kier alpha value is -1.06. The van der Waals surface area contributed by atoms with Crippen LogP contribution in [0.15, 0.2) is 0 Å². The zero-order valence-corrected chi connectivity index (χ0v) is 12.4. The van der Waals surface area contributed by atoms with Crippen molar-refractivity contribution in [2.24, 2.45) is 23.7 Å². The van der Waals surface area contributed by atoms with Crippen molar-refractivity contribution >= 4 is 11.9 Å². The molecule has 2 saturated carbocycles. The minimum absolute atomic E-state index is 0.235. The van der Waals surface area contributed by atoms with Crippen LogP contribution in [0, 0.1) is 23.7 Å². The van der Waals surface area contributed by atoms with E-state index in [0.29, 0.717) is 18.4 Å². The third-order valence-electron chi connectivity index (χ3n) is 5.27. The summed E-state index contributed by atoms with van der Waals surface area (Å²) >= 11 is 0. The highest BCUT2D eigenvalue weighted by atomic mass is 16.4. The minimum Gasteiger partial charge on any atom is -0.481 e. The van der Waals surface area contributed by atoms with Gasteiger partial charge in [0.15, 0.2) is 0 Å². The first-order valence-electron chi connectivity index (χ1n) is 8.09. The van der Waals surface area contributed by atoms with Gasteiger partial charge in [0.1, 0.15) is 0 Å². The monoisotopic (exact) mass is 281 g/mol. The van der Waals surface area contributed by atoms with Crippen LogP contribution in [0.3, 0.4) is 0 Å². The van der Waals surface area contributed by atoms with Gasteiger partial charge >= 0.3 is 5.97 Å². The quantitative estimate of drug-likeness (QED) is 0.719. The molecule has 2 N–H and O–H groups in total. The lowest BCUT2D eigenvalue weighted by atomic mass is 9.88. The molecule has 4 nitrogen and oxygen atoms in total. The molecule has 2 fully saturated rings. The van der Waals surface area contributed by atoms with E-state index in [4.69, 9.17) is 5.11 Å². The summed E-state index contributed by atoms with van der Waals surface area (Å²) in [7, 11) is 0. The molecule has 1 amide bonds. The Morgan fingerprint density at radius 2 is 2.05 bits per heavy atom. The summed E-state index contributed by atoms with van der Waals surface area (Å²) in [6.45, 7) is 2.79. The maximum atomic E-state index is 12.2. The van der Waals surface area contributed by atoms with Crippen LogP contribution in [0.5, 0.6) is 0 Å². The molecule has 2 rings (SSSR count). The lowest BCUT2D eigenvalue weighted by molar-refractivity contribution is -0.137. The van der Waals surface area contributed by atoms with E-state index < -0.39 is 5.97 Å². The number of aliphatic carboxylic acids is 1. The molecule has 0 aromatic rings. The van der Waals surface area contributed by atoms with Gasteiger partial charge in [-0.3, -0.25) is 9.59 Å². The topological polar surface area (TPSA) is 66.4 Å². The van der Waals surface area contributed by atoms with Gasteiger partial charge in [-0.25, -0.2) is 0 Å². The van der Waals surface area contributed by atoms with E-state index in [0.717, 1.165) is 31.6 Å². The number of hydrogen-bond acceptors (Lipinski definition) is 2. The van der Waals surface area contributed by atoms with Crippen LogP contribution in [0.4, 0.5) is 0 Å². The lowest BCUT2D eigenvalue weighted by Gasteiger charge is -2.21. The summed E-state index contributed by atoms with van der Waals surface area (Å²) in [6, 6.07) is 0. The standard InChI is InChI=1S/C16H27NO3/c1-2-11(4-6-15(18)19)7-8-17-16(20)14-10-12-3-5-13(14)9-12/h11-14H,2-10H2,1H3,(H,17,20)(H,18,19). The largest absolute Gasteiger partial charge is 0.481 e. The molecule has 114 valence electrons. The maximum absolute atomic E-state index is 12.2. The van der Waals surface area contributed by atoms with Gasteiger partial charge < -0.3 is 10.4 Å². The molecule has 2 aliphatic rings. The van der Waals surface area contributed by atoms with Crippen molar-refractivity contribution in [3.05, 3.63) is 0 Å². The van der Waals surface area contributed by atoms with E-state index in [9.17, 15) is 9.59 Å². The predicted octanol–water partition coefficient (Wildman–Crippen LogP) is 2.82. The Morgan fingerprint density at radius 1 is 1.25 bits per heavy atom. The first-order chi connectivity index (χ1) is 9.60.